The van der Waals surface area contributed by atoms with E-state index in [0.29, 0.717) is 6.61 Å². The average molecular weight is 171 g/mol. The summed E-state index contributed by atoms with van der Waals surface area (Å²) in [5.74, 6) is -0.229. The van der Waals surface area contributed by atoms with E-state index in [0.717, 1.165) is 19.3 Å². The summed E-state index contributed by atoms with van der Waals surface area (Å²) in [6, 6.07) is 0. The molecular formula is C9H17NO2. The Balaban J connectivity index is 3.27. The quantitative estimate of drug-likeness (QED) is 0.347. The van der Waals surface area contributed by atoms with Crippen LogP contribution in [-0.2, 0) is 9.53 Å². The molecular weight excluding hydrogens is 154 g/mol. The average Bonchev–Trinajstić information content (AvgIpc) is 2.06. The first-order chi connectivity index (χ1) is 5.81. The van der Waals surface area contributed by atoms with E-state index in [-0.39, 0.29) is 12.5 Å². The number of rotatable bonds is 6. The molecule has 0 amide bonds. The minimum absolute atomic E-state index is 0.164. The molecule has 0 atom stereocenters. The van der Waals surface area contributed by atoms with Crippen molar-refractivity contribution in [2.45, 2.75) is 33.1 Å². The van der Waals surface area contributed by atoms with Crippen LogP contribution in [0.5, 0.6) is 0 Å². The second kappa shape index (κ2) is 8.24. The van der Waals surface area contributed by atoms with E-state index < -0.39 is 0 Å². The molecule has 0 heterocycles. The summed E-state index contributed by atoms with van der Waals surface area (Å²) in [6.07, 6.45) is 4.57. The predicted molar refractivity (Wildman–Crippen MR) is 49.5 cm³/mol. The zero-order chi connectivity index (χ0) is 9.23. The zero-order valence-electron chi connectivity index (χ0n) is 7.88. The molecule has 0 aromatic carbocycles. The van der Waals surface area contributed by atoms with Gasteiger partial charge in [0.25, 0.3) is 0 Å². The maximum absolute atomic E-state index is 10.9. The van der Waals surface area contributed by atoms with Gasteiger partial charge in [-0.3, -0.25) is 9.79 Å². The lowest BCUT2D eigenvalue weighted by Crippen LogP contribution is -2.09. The van der Waals surface area contributed by atoms with Crippen LogP contribution in [0.1, 0.15) is 33.1 Å². The molecule has 3 heteroatoms. The first-order valence-corrected chi connectivity index (χ1v) is 4.45. The molecule has 0 aliphatic rings. The van der Waals surface area contributed by atoms with Crippen molar-refractivity contribution in [3.8, 4) is 0 Å². The maximum atomic E-state index is 10.9. The highest BCUT2D eigenvalue weighted by Gasteiger charge is 1.97. The van der Waals surface area contributed by atoms with Crippen molar-refractivity contribution in [2.75, 3.05) is 13.2 Å². The monoisotopic (exact) mass is 171 g/mol. The Morgan fingerprint density at radius 2 is 2.25 bits per heavy atom. The van der Waals surface area contributed by atoms with Gasteiger partial charge >= 0.3 is 5.97 Å². The molecule has 0 spiro atoms. The summed E-state index contributed by atoms with van der Waals surface area (Å²) in [6.45, 7) is 4.73. The number of ether oxygens (including phenoxy) is 1. The number of aliphatic imine (C=N–C) groups is 1. The van der Waals surface area contributed by atoms with Crippen LogP contribution in [0.25, 0.3) is 0 Å². The van der Waals surface area contributed by atoms with Gasteiger partial charge in [0.2, 0.25) is 0 Å². The van der Waals surface area contributed by atoms with Crippen LogP contribution in [0.4, 0.5) is 0 Å². The van der Waals surface area contributed by atoms with E-state index in [4.69, 9.17) is 4.74 Å². The molecule has 0 aromatic rings. The van der Waals surface area contributed by atoms with Crippen molar-refractivity contribution >= 4 is 12.2 Å². The Labute approximate surface area is 73.8 Å². The molecule has 12 heavy (non-hydrogen) atoms. The predicted octanol–water partition coefficient (Wildman–Crippen LogP) is 1.81. The number of hydrogen-bond acceptors (Lipinski definition) is 3. The number of unbranched alkanes of at least 4 members (excludes halogenated alkanes) is 1. The lowest BCUT2D eigenvalue weighted by Gasteiger charge is -1.99. The minimum atomic E-state index is -0.229. The van der Waals surface area contributed by atoms with Gasteiger partial charge in [0, 0.05) is 0 Å². The molecule has 0 saturated heterocycles. The fourth-order valence-corrected chi connectivity index (χ4v) is 0.644. The molecule has 0 saturated carbocycles. The van der Waals surface area contributed by atoms with Gasteiger partial charge in [-0.15, -0.1) is 0 Å². The van der Waals surface area contributed by atoms with Gasteiger partial charge in [-0.05, 0) is 19.1 Å². The summed E-state index contributed by atoms with van der Waals surface area (Å²) in [7, 11) is 0. The first kappa shape index (κ1) is 11.1. The van der Waals surface area contributed by atoms with E-state index in [9.17, 15) is 4.79 Å². The van der Waals surface area contributed by atoms with Gasteiger partial charge in [-0.25, -0.2) is 0 Å². The van der Waals surface area contributed by atoms with Crippen molar-refractivity contribution < 1.29 is 9.53 Å². The molecule has 0 N–H and O–H groups in total. The van der Waals surface area contributed by atoms with Crippen LogP contribution in [0.15, 0.2) is 4.99 Å². The smallest absolute Gasteiger partial charge is 0.327 e. The summed E-state index contributed by atoms with van der Waals surface area (Å²) in [5, 5.41) is 0. The number of carbonyl (C=O) groups is 1. The molecule has 0 aromatic heterocycles. The van der Waals surface area contributed by atoms with E-state index in [2.05, 4.69) is 11.9 Å². The SMILES string of the molecule is CCC=NCC(=O)OCCCC. The third-order valence-corrected chi connectivity index (χ3v) is 1.29. The van der Waals surface area contributed by atoms with Crippen LogP contribution in [0.3, 0.4) is 0 Å². The first-order valence-electron chi connectivity index (χ1n) is 4.45. The molecule has 0 radical (unpaired) electrons. The van der Waals surface area contributed by atoms with Crippen molar-refractivity contribution in [3.63, 3.8) is 0 Å². The fourth-order valence-electron chi connectivity index (χ4n) is 0.644. The molecule has 3 nitrogen and oxygen atoms in total. The van der Waals surface area contributed by atoms with Crippen molar-refractivity contribution in [1.29, 1.82) is 0 Å². The van der Waals surface area contributed by atoms with Crippen LogP contribution in [0, 0.1) is 0 Å². The highest BCUT2D eigenvalue weighted by atomic mass is 16.5. The molecule has 0 aliphatic heterocycles. The highest BCUT2D eigenvalue weighted by Crippen LogP contribution is 1.88. The molecule has 0 rings (SSSR count). The van der Waals surface area contributed by atoms with Crippen LogP contribution in [-0.4, -0.2) is 25.3 Å². The molecule has 0 aliphatic carbocycles. The number of hydrogen-bond donors (Lipinski definition) is 0. The molecule has 0 unspecified atom stereocenters. The Bertz CT molecular complexity index is 143. The Hall–Kier alpha value is -0.860. The van der Waals surface area contributed by atoms with E-state index in [1.54, 1.807) is 6.21 Å². The zero-order valence-corrected chi connectivity index (χ0v) is 7.88. The standard InChI is InChI=1S/C9H17NO2/c1-3-5-7-12-9(11)8-10-6-4-2/h6H,3-5,7-8H2,1-2H3. The Morgan fingerprint density at radius 3 is 2.83 bits per heavy atom. The largest absolute Gasteiger partial charge is 0.464 e. The van der Waals surface area contributed by atoms with E-state index in [1.807, 2.05) is 6.92 Å². The highest BCUT2D eigenvalue weighted by molar-refractivity contribution is 5.73. The van der Waals surface area contributed by atoms with Crippen LogP contribution >= 0.6 is 0 Å². The lowest BCUT2D eigenvalue weighted by molar-refractivity contribution is -0.141. The summed E-state index contributed by atoms with van der Waals surface area (Å²) in [5.41, 5.74) is 0. The fraction of sp³-hybridized carbons (Fsp3) is 0.778. The molecule has 70 valence electrons. The van der Waals surface area contributed by atoms with E-state index in [1.165, 1.54) is 0 Å². The normalized spacial score (nSPS) is 10.5. The van der Waals surface area contributed by atoms with Gasteiger partial charge < -0.3 is 4.74 Å². The van der Waals surface area contributed by atoms with Gasteiger partial charge in [-0.2, -0.15) is 0 Å². The number of nitrogens with zero attached hydrogens (tertiary/aromatic N) is 1. The maximum Gasteiger partial charge on any atom is 0.327 e. The van der Waals surface area contributed by atoms with Gasteiger partial charge in [-0.1, -0.05) is 20.3 Å². The van der Waals surface area contributed by atoms with Crippen molar-refractivity contribution in [1.82, 2.24) is 0 Å². The number of carbonyl (C=O) groups excluding carboxylic acids is 1. The third kappa shape index (κ3) is 7.25. The van der Waals surface area contributed by atoms with Crippen molar-refractivity contribution in [3.05, 3.63) is 0 Å². The lowest BCUT2D eigenvalue weighted by atomic mass is 10.4. The third-order valence-electron chi connectivity index (χ3n) is 1.29. The second-order valence-electron chi connectivity index (χ2n) is 2.51. The topological polar surface area (TPSA) is 38.7 Å². The summed E-state index contributed by atoms with van der Waals surface area (Å²) < 4.78 is 4.88. The van der Waals surface area contributed by atoms with Gasteiger partial charge in [0.15, 0.2) is 0 Å². The minimum Gasteiger partial charge on any atom is -0.464 e. The van der Waals surface area contributed by atoms with Crippen LogP contribution < -0.4 is 0 Å². The Kier molecular flexibility index (Phi) is 7.65. The number of esters is 1. The summed E-state index contributed by atoms with van der Waals surface area (Å²) in [4.78, 5) is 14.7. The second-order valence-corrected chi connectivity index (χ2v) is 2.51. The summed E-state index contributed by atoms with van der Waals surface area (Å²) >= 11 is 0. The van der Waals surface area contributed by atoms with Gasteiger partial charge in [0.05, 0.1) is 6.61 Å². The van der Waals surface area contributed by atoms with Gasteiger partial charge in [0.1, 0.15) is 6.54 Å². The van der Waals surface area contributed by atoms with Crippen LogP contribution in [0.2, 0.25) is 0 Å². The van der Waals surface area contributed by atoms with Crippen molar-refractivity contribution in [2.24, 2.45) is 4.99 Å². The Morgan fingerprint density at radius 1 is 1.50 bits per heavy atom. The van der Waals surface area contributed by atoms with E-state index >= 15 is 0 Å². The molecule has 0 bridgehead atoms. The molecule has 0 fully saturated rings.